The van der Waals surface area contributed by atoms with Crippen molar-refractivity contribution in [2.75, 3.05) is 0 Å². The zero-order valence-corrected chi connectivity index (χ0v) is 7.87. The molecule has 0 radical (unpaired) electrons. The predicted molar refractivity (Wildman–Crippen MR) is 47.7 cm³/mol. The standard InChI is InChI=1S/C10H16O2/c1-4-8-5-9(11)6(2)7(3)10(8)12/h5-7,9,11H,4H2,1-3H3. The molecule has 1 rings (SSSR count). The molecule has 0 bridgehead atoms. The lowest BCUT2D eigenvalue weighted by molar-refractivity contribution is -0.122. The Morgan fingerprint density at radius 1 is 1.50 bits per heavy atom. The molecule has 2 heteroatoms. The monoisotopic (exact) mass is 168 g/mol. The second kappa shape index (κ2) is 3.40. The minimum absolute atomic E-state index is 0.0278. The molecular weight excluding hydrogens is 152 g/mol. The highest BCUT2D eigenvalue weighted by atomic mass is 16.3. The van der Waals surface area contributed by atoms with E-state index in [-0.39, 0.29) is 17.6 Å². The van der Waals surface area contributed by atoms with Gasteiger partial charge in [0.2, 0.25) is 0 Å². The molecule has 1 aliphatic rings. The molecule has 0 aromatic carbocycles. The van der Waals surface area contributed by atoms with Crippen molar-refractivity contribution in [1.82, 2.24) is 0 Å². The lowest BCUT2D eigenvalue weighted by Gasteiger charge is -2.28. The SMILES string of the molecule is CCC1=CC(O)C(C)C(C)C1=O. The van der Waals surface area contributed by atoms with Crippen LogP contribution in [-0.4, -0.2) is 17.0 Å². The Bertz CT molecular complexity index is 218. The van der Waals surface area contributed by atoms with Crippen LogP contribution in [0.25, 0.3) is 0 Å². The van der Waals surface area contributed by atoms with Gasteiger partial charge in [0.1, 0.15) is 0 Å². The zero-order valence-electron chi connectivity index (χ0n) is 7.87. The van der Waals surface area contributed by atoms with E-state index in [2.05, 4.69) is 0 Å². The van der Waals surface area contributed by atoms with E-state index in [0.717, 1.165) is 12.0 Å². The quantitative estimate of drug-likeness (QED) is 0.644. The molecule has 2 nitrogen and oxygen atoms in total. The third kappa shape index (κ3) is 1.44. The largest absolute Gasteiger partial charge is 0.389 e. The highest BCUT2D eigenvalue weighted by Gasteiger charge is 2.31. The van der Waals surface area contributed by atoms with Gasteiger partial charge in [-0.1, -0.05) is 20.8 Å². The first-order chi connectivity index (χ1) is 5.57. The van der Waals surface area contributed by atoms with E-state index in [0.29, 0.717) is 0 Å². The molecule has 0 amide bonds. The Labute approximate surface area is 73.3 Å². The van der Waals surface area contributed by atoms with Gasteiger partial charge in [0, 0.05) is 5.92 Å². The van der Waals surface area contributed by atoms with Crippen molar-refractivity contribution in [3.63, 3.8) is 0 Å². The van der Waals surface area contributed by atoms with Gasteiger partial charge in [0.15, 0.2) is 5.78 Å². The van der Waals surface area contributed by atoms with Gasteiger partial charge in [0.05, 0.1) is 6.10 Å². The average Bonchev–Trinajstić information content (AvgIpc) is 2.08. The lowest BCUT2D eigenvalue weighted by atomic mass is 9.78. The molecule has 68 valence electrons. The molecule has 3 unspecified atom stereocenters. The summed E-state index contributed by atoms with van der Waals surface area (Å²) in [7, 11) is 0. The predicted octanol–water partition coefficient (Wildman–Crippen LogP) is 1.54. The van der Waals surface area contributed by atoms with Gasteiger partial charge in [-0.2, -0.15) is 0 Å². The third-order valence-electron chi connectivity index (χ3n) is 2.81. The van der Waals surface area contributed by atoms with Crippen LogP contribution in [0.1, 0.15) is 27.2 Å². The summed E-state index contributed by atoms with van der Waals surface area (Å²) in [6.45, 7) is 5.74. The number of allylic oxidation sites excluding steroid dienone is 1. The molecule has 0 heterocycles. The maximum Gasteiger partial charge on any atom is 0.161 e. The lowest BCUT2D eigenvalue weighted by Crippen LogP contribution is -2.33. The molecule has 1 N–H and O–H groups in total. The van der Waals surface area contributed by atoms with Gasteiger partial charge in [-0.05, 0) is 24.0 Å². The summed E-state index contributed by atoms with van der Waals surface area (Å²) in [5, 5.41) is 9.54. The first-order valence-corrected chi connectivity index (χ1v) is 4.51. The fourth-order valence-corrected chi connectivity index (χ4v) is 1.56. The van der Waals surface area contributed by atoms with Crippen molar-refractivity contribution in [2.45, 2.75) is 33.3 Å². The second-order valence-electron chi connectivity index (χ2n) is 3.55. The third-order valence-corrected chi connectivity index (χ3v) is 2.81. The minimum atomic E-state index is -0.437. The normalized spacial score (nSPS) is 36.5. The molecule has 0 aliphatic heterocycles. The van der Waals surface area contributed by atoms with E-state index >= 15 is 0 Å². The van der Waals surface area contributed by atoms with Crippen LogP contribution in [0.5, 0.6) is 0 Å². The number of carbonyl (C=O) groups is 1. The molecular formula is C10H16O2. The molecule has 0 fully saturated rings. The molecule has 0 aromatic heterocycles. The van der Waals surface area contributed by atoms with Crippen LogP contribution < -0.4 is 0 Å². The topological polar surface area (TPSA) is 37.3 Å². The molecule has 3 atom stereocenters. The van der Waals surface area contributed by atoms with E-state index in [1.54, 1.807) is 6.08 Å². The number of Topliss-reactive ketones (excluding diaryl/α,β-unsaturated/α-hetero) is 1. The number of rotatable bonds is 1. The highest BCUT2D eigenvalue weighted by Crippen LogP contribution is 2.27. The van der Waals surface area contributed by atoms with Crippen LogP contribution >= 0.6 is 0 Å². The van der Waals surface area contributed by atoms with Crippen molar-refractivity contribution in [3.05, 3.63) is 11.6 Å². The zero-order chi connectivity index (χ0) is 9.30. The fraction of sp³-hybridized carbons (Fsp3) is 0.700. The van der Waals surface area contributed by atoms with Crippen molar-refractivity contribution in [3.8, 4) is 0 Å². The maximum absolute atomic E-state index is 11.5. The average molecular weight is 168 g/mol. The number of hydrogen-bond donors (Lipinski definition) is 1. The summed E-state index contributed by atoms with van der Waals surface area (Å²) in [4.78, 5) is 11.5. The Hall–Kier alpha value is -0.630. The molecule has 0 spiro atoms. The Balaban J connectivity index is 2.92. The van der Waals surface area contributed by atoms with Gasteiger partial charge in [-0.15, -0.1) is 0 Å². The Kier molecular flexibility index (Phi) is 2.68. The second-order valence-corrected chi connectivity index (χ2v) is 3.55. The van der Waals surface area contributed by atoms with Crippen molar-refractivity contribution >= 4 is 5.78 Å². The molecule has 0 aromatic rings. The highest BCUT2D eigenvalue weighted by molar-refractivity contribution is 5.98. The minimum Gasteiger partial charge on any atom is -0.389 e. The molecule has 0 saturated heterocycles. The van der Waals surface area contributed by atoms with Crippen molar-refractivity contribution < 1.29 is 9.90 Å². The first kappa shape index (κ1) is 9.46. The summed E-state index contributed by atoms with van der Waals surface area (Å²) < 4.78 is 0. The van der Waals surface area contributed by atoms with E-state index in [1.807, 2.05) is 20.8 Å². The number of aliphatic hydroxyl groups excluding tert-OH is 1. The van der Waals surface area contributed by atoms with Crippen LogP contribution in [-0.2, 0) is 4.79 Å². The Morgan fingerprint density at radius 2 is 2.08 bits per heavy atom. The Morgan fingerprint density at radius 3 is 2.58 bits per heavy atom. The van der Waals surface area contributed by atoms with Gasteiger partial charge < -0.3 is 5.11 Å². The number of ketones is 1. The summed E-state index contributed by atoms with van der Waals surface area (Å²) in [6.07, 6.45) is 1.99. The molecule has 12 heavy (non-hydrogen) atoms. The summed E-state index contributed by atoms with van der Waals surface area (Å²) >= 11 is 0. The fourth-order valence-electron chi connectivity index (χ4n) is 1.56. The van der Waals surface area contributed by atoms with E-state index in [4.69, 9.17) is 0 Å². The van der Waals surface area contributed by atoms with Gasteiger partial charge in [0.25, 0.3) is 0 Å². The van der Waals surface area contributed by atoms with Crippen LogP contribution in [0.4, 0.5) is 0 Å². The van der Waals surface area contributed by atoms with Crippen molar-refractivity contribution in [1.29, 1.82) is 0 Å². The van der Waals surface area contributed by atoms with E-state index in [9.17, 15) is 9.90 Å². The van der Waals surface area contributed by atoms with Crippen LogP contribution in [0.2, 0.25) is 0 Å². The summed E-state index contributed by atoms with van der Waals surface area (Å²) in [6, 6.07) is 0. The number of aliphatic hydroxyl groups is 1. The molecule has 1 aliphatic carbocycles. The van der Waals surface area contributed by atoms with Crippen LogP contribution in [0.3, 0.4) is 0 Å². The van der Waals surface area contributed by atoms with E-state index < -0.39 is 6.10 Å². The van der Waals surface area contributed by atoms with Gasteiger partial charge in [-0.25, -0.2) is 0 Å². The smallest absolute Gasteiger partial charge is 0.161 e. The van der Waals surface area contributed by atoms with Crippen LogP contribution in [0.15, 0.2) is 11.6 Å². The van der Waals surface area contributed by atoms with Crippen molar-refractivity contribution in [2.24, 2.45) is 11.8 Å². The van der Waals surface area contributed by atoms with Gasteiger partial charge in [-0.3, -0.25) is 4.79 Å². The summed E-state index contributed by atoms with van der Waals surface area (Å²) in [5.74, 6) is 0.239. The summed E-state index contributed by atoms with van der Waals surface area (Å²) in [5.41, 5.74) is 0.785. The first-order valence-electron chi connectivity index (χ1n) is 4.51. The molecule has 0 saturated carbocycles. The number of hydrogen-bond acceptors (Lipinski definition) is 2. The van der Waals surface area contributed by atoms with Crippen LogP contribution in [0, 0.1) is 11.8 Å². The van der Waals surface area contributed by atoms with E-state index in [1.165, 1.54) is 0 Å². The maximum atomic E-state index is 11.5. The van der Waals surface area contributed by atoms with Gasteiger partial charge >= 0.3 is 0 Å². The number of carbonyl (C=O) groups excluding carboxylic acids is 1.